The average Bonchev–Trinajstić information content (AvgIpc) is 2.75. The van der Waals surface area contributed by atoms with Crippen LogP contribution in [0.25, 0.3) is 10.9 Å². The molecule has 0 atom stereocenters. The molecule has 0 fully saturated rings. The first-order valence-electron chi connectivity index (χ1n) is 6.67. The molecule has 0 aliphatic rings. The van der Waals surface area contributed by atoms with Crippen molar-refractivity contribution in [3.63, 3.8) is 0 Å². The molecule has 0 bridgehead atoms. The zero-order valence-corrected chi connectivity index (χ0v) is 11.6. The van der Waals surface area contributed by atoms with Gasteiger partial charge in [-0.05, 0) is 23.8 Å². The molecule has 0 aliphatic carbocycles. The topological polar surface area (TPSA) is 37.5 Å². The smallest absolute Gasteiger partial charge is 0.200 e. The molecule has 3 nitrogen and oxygen atoms in total. The summed E-state index contributed by atoms with van der Waals surface area (Å²) in [6.07, 6.45) is 1.67. The van der Waals surface area contributed by atoms with E-state index >= 15 is 0 Å². The largest absolute Gasteiger partial charge is 0.494 e. The van der Waals surface area contributed by atoms with E-state index in [0.29, 0.717) is 12.1 Å². The van der Waals surface area contributed by atoms with Gasteiger partial charge in [0.2, 0.25) is 5.88 Å². The van der Waals surface area contributed by atoms with Crippen molar-refractivity contribution in [3.8, 4) is 5.88 Å². The Bertz CT molecular complexity index is 804. The molecule has 0 saturated carbocycles. The van der Waals surface area contributed by atoms with Gasteiger partial charge in [0, 0.05) is 18.6 Å². The molecule has 0 unspecified atom stereocenters. The van der Waals surface area contributed by atoms with Crippen molar-refractivity contribution in [2.45, 2.75) is 6.54 Å². The number of hydrogen-bond acceptors (Lipinski definition) is 2. The van der Waals surface area contributed by atoms with Crippen LogP contribution in [0.15, 0.2) is 53.5 Å². The molecular formula is C17H15FN2O. The number of hydrogen-bond donors (Lipinski definition) is 1. The molecule has 0 aliphatic heterocycles. The summed E-state index contributed by atoms with van der Waals surface area (Å²) < 4.78 is 14.6. The maximum atomic E-state index is 12.8. The summed E-state index contributed by atoms with van der Waals surface area (Å²) in [5.41, 5.74) is 2.58. The minimum Gasteiger partial charge on any atom is -0.494 e. The van der Waals surface area contributed by atoms with Gasteiger partial charge in [0.15, 0.2) is 0 Å². The van der Waals surface area contributed by atoms with E-state index in [-0.39, 0.29) is 11.7 Å². The second kappa shape index (κ2) is 5.40. The lowest BCUT2D eigenvalue weighted by atomic mass is 10.2. The molecule has 4 heteroatoms. The number of aliphatic imine (C=N–C) groups is 1. The van der Waals surface area contributed by atoms with E-state index in [9.17, 15) is 9.50 Å². The highest BCUT2D eigenvalue weighted by molar-refractivity contribution is 6.02. The van der Waals surface area contributed by atoms with Crippen LogP contribution in [0, 0.1) is 5.82 Å². The summed E-state index contributed by atoms with van der Waals surface area (Å²) in [6, 6.07) is 14.0. The third kappa shape index (κ3) is 2.52. The summed E-state index contributed by atoms with van der Waals surface area (Å²) in [4.78, 5) is 4.35. The molecule has 2 aromatic carbocycles. The van der Waals surface area contributed by atoms with Gasteiger partial charge in [-0.3, -0.25) is 4.99 Å². The van der Waals surface area contributed by atoms with Crippen LogP contribution < -0.4 is 0 Å². The number of aromatic hydroxyl groups is 1. The van der Waals surface area contributed by atoms with E-state index in [2.05, 4.69) is 4.99 Å². The predicted molar refractivity (Wildman–Crippen MR) is 82.3 cm³/mol. The van der Waals surface area contributed by atoms with E-state index in [1.165, 1.54) is 12.1 Å². The Kier molecular flexibility index (Phi) is 3.44. The minimum absolute atomic E-state index is 0.194. The molecular weight excluding hydrogens is 267 g/mol. The van der Waals surface area contributed by atoms with Gasteiger partial charge in [0.25, 0.3) is 0 Å². The van der Waals surface area contributed by atoms with E-state index in [0.717, 1.165) is 16.5 Å². The molecule has 1 aromatic heterocycles. The lowest BCUT2D eigenvalue weighted by Gasteiger charge is -1.97. The normalized spacial score (nSPS) is 11.5. The summed E-state index contributed by atoms with van der Waals surface area (Å²) in [6.45, 7) is 0.447. The predicted octanol–water partition coefficient (Wildman–Crippen LogP) is 3.64. The van der Waals surface area contributed by atoms with E-state index < -0.39 is 0 Å². The highest BCUT2D eigenvalue weighted by Crippen LogP contribution is 2.28. The van der Waals surface area contributed by atoms with Crippen LogP contribution in [0.2, 0.25) is 0 Å². The molecule has 0 radical (unpaired) electrons. The third-order valence-corrected chi connectivity index (χ3v) is 3.52. The number of para-hydroxylation sites is 1. The quantitative estimate of drug-likeness (QED) is 0.732. The van der Waals surface area contributed by atoms with Crippen LogP contribution in [-0.2, 0) is 13.6 Å². The molecule has 0 saturated heterocycles. The van der Waals surface area contributed by atoms with Crippen molar-refractivity contribution < 1.29 is 9.50 Å². The summed E-state index contributed by atoms with van der Waals surface area (Å²) in [5, 5.41) is 11.1. The van der Waals surface area contributed by atoms with Crippen molar-refractivity contribution in [2.75, 3.05) is 0 Å². The number of aryl methyl sites for hydroxylation is 1. The van der Waals surface area contributed by atoms with Gasteiger partial charge in [-0.2, -0.15) is 0 Å². The van der Waals surface area contributed by atoms with Crippen molar-refractivity contribution in [1.29, 1.82) is 0 Å². The van der Waals surface area contributed by atoms with Gasteiger partial charge >= 0.3 is 0 Å². The van der Waals surface area contributed by atoms with Crippen LogP contribution in [0.5, 0.6) is 5.88 Å². The number of fused-ring (bicyclic) bond motifs is 1. The number of nitrogens with zero attached hydrogens (tertiary/aromatic N) is 2. The highest BCUT2D eigenvalue weighted by Gasteiger charge is 2.11. The number of benzene rings is 2. The molecule has 1 N–H and O–H groups in total. The molecule has 21 heavy (non-hydrogen) atoms. The van der Waals surface area contributed by atoms with Crippen LogP contribution in [0.3, 0.4) is 0 Å². The van der Waals surface area contributed by atoms with Gasteiger partial charge in [0.05, 0.1) is 17.6 Å². The lowest BCUT2D eigenvalue weighted by molar-refractivity contribution is 0.434. The van der Waals surface area contributed by atoms with Crippen LogP contribution in [-0.4, -0.2) is 15.9 Å². The summed E-state index contributed by atoms with van der Waals surface area (Å²) >= 11 is 0. The van der Waals surface area contributed by atoms with Crippen molar-refractivity contribution >= 4 is 17.1 Å². The van der Waals surface area contributed by atoms with E-state index in [1.54, 1.807) is 22.9 Å². The van der Waals surface area contributed by atoms with Crippen LogP contribution in [0.1, 0.15) is 11.1 Å². The maximum Gasteiger partial charge on any atom is 0.200 e. The van der Waals surface area contributed by atoms with Gasteiger partial charge < -0.3 is 9.67 Å². The average molecular weight is 282 g/mol. The summed E-state index contributed by atoms with van der Waals surface area (Å²) in [7, 11) is 1.81. The van der Waals surface area contributed by atoms with Crippen molar-refractivity contribution in [2.24, 2.45) is 12.0 Å². The van der Waals surface area contributed by atoms with E-state index in [1.807, 2.05) is 31.3 Å². The lowest BCUT2D eigenvalue weighted by Crippen LogP contribution is -1.87. The third-order valence-electron chi connectivity index (χ3n) is 3.52. The first-order valence-corrected chi connectivity index (χ1v) is 6.67. The molecule has 106 valence electrons. The van der Waals surface area contributed by atoms with Gasteiger partial charge in [-0.15, -0.1) is 0 Å². The van der Waals surface area contributed by atoms with Gasteiger partial charge in [-0.1, -0.05) is 30.3 Å². The molecule has 3 aromatic rings. The van der Waals surface area contributed by atoms with Crippen molar-refractivity contribution in [3.05, 3.63) is 65.5 Å². The first-order chi connectivity index (χ1) is 10.2. The van der Waals surface area contributed by atoms with Gasteiger partial charge in [0.1, 0.15) is 5.82 Å². The highest BCUT2D eigenvalue weighted by atomic mass is 19.1. The molecule has 0 amide bonds. The summed E-state index contributed by atoms with van der Waals surface area (Å²) in [5.74, 6) is -0.0616. The fourth-order valence-corrected chi connectivity index (χ4v) is 2.37. The minimum atomic E-state index is -0.255. The van der Waals surface area contributed by atoms with E-state index in [4.69, 9.17) is 0 Å². The van der Waals surface area contributed by atoms with Crippen molar-refractivity contribution in [1.82, 2.24) is 4.57 Å². The molecule has 1 heterocycles. The van der Waals surface area contributed by atoms with Crippen LogP contribution in [0.4, 0.5) is 4.39 Å². The van der Waals surface area contributed by atoms with Gasteiger partial charge in [-0.25, -0.2) is 4.39 Å². The Labute approximate surface area is 122 Å². The van der Waals surface area contributed by atoms with Crippen LogP contribution >= 0.6 is 0 Å². The first kappa shape index (κ1) is 13.4. The zero-order chi connectivity index (χ0) is 14.8. The standard InChI is InChI=1S/C17H15FN2O/c1-20-16-5-3-2-4-14(16)15(17(20)21)11-19-10-12-6-8-13(18)9-7-12/h2-9,11,21H,10H2,1H3. The fraction of sp³-hybridized carbons (Fsp3) is 0.118. The zero-order valence-electron chi connectivity index (χ0n) is 11.6. The second-order valence-corrected chi connectivity index (χ2v) is 4.91. The maximum absolute atomic E-state index is 12.8. The molecule has 3 rings (SSSR count). The fourth-order valence-electron chi connectivity index (χ4n) is 2.37. The Morgan fingerprint density at radius 1 is 1.14 bits per heavy atom. The number of rotatable bonds is 3. The monoisotopic (exact) mass is 282 g/mol. The Balaban J connectivity index is 1.89. The molecule has 0 spiro atoms. The Hall–Kier alpha value is -2.62. The SMILES string of the molecule is Cn1c(O)c(C=NCc2ccc(F)cc2)c2ccccc21. The Morgan fingerprint density at radius 2 is 1.86 bits per heavy atom. The second-order valence-electron chi connectivity index (χ2n) is 4.91. The number of halogens is 1. The number of aromatic nitrogens is 1. The Morgan fingerprint density at radius 3 is 2.62 bits per heavy atom.